The molecule has 1 N–H and O–H groups in total. The van der Waals surface area contributed by atoms with E-state index >= 15 is 0 Å². The zero-order valence-electron chi connectivity index (χ0n) is 19.2. The molecule has 0 radical (unpaired) electrons. The van der Waals surface area contributed by atoms with Crippen molar-refractivity contribution in [3.8, 4) is 23.1 Å². The van der Waals surface area contributed by atoms with Crippen LogP contribution in [0.1, 0.15) is 11.5 Å². The Morgan fingerprint density at radius 1 is 1.05 bits per heavy atom. The van der Waals surface area contributed by atoms with Gasteiger partial charge in [0.1, 0.15) is 33.8 Å². The van der Waals surface area contributed by atoms with Crippen molar-refractivity contribution in [3.05, 3.63) is 122 Å². The Hall–Kier alpha value is -4.94. The van der Waals surface area contributed by atoms with E-state index in [2.05, 4.69) is 5.32 Å². The first-order valence-electron chi connectivity index (χ1n) is 11.1. The highest BCUT2D eigenvalue weighted by Gasteiger charge is 2.17. The Morgan fingerprint density at radius 3 is 2.54 bits per heavy atom. The second-order valence-corrected chi connectivity index (χ2v) is 8.88. The van der Waals surface area contributed by atoms with Crippen LogP contribution in [-0.2, 0) is 11.3 Å². The van der Waals surface area contributed by atoms with E-state index in [0.717, 1.165) is 11.3 Å². The zero-order chi connectivity index (χ0) is 25.8. The smallest absolute Gasteiger partial charge is 0.273 e. The number of carbonyl (C=O) groups is 1. The van der Waals surface area contributed by atoms with E-state index in [-0.39, 0.29) is 27.1 Å². The highest BCUT2D eigenvalue weighted by Crippen LogP contribution is 2.22. The topological polar surface area (TPSA) is 101 Å². The summed E-state index contributed by atoms with van der Waals surface area (Å²) < 4.78 is 26.1. The van der Waals surface area contributed by atoms with Gasteiger partial charge in [-0.2, -0.15) is 5.26 Å². The normalized spacial score (nSPS) is 12.3. The summed E-state index contributed by atoms with van der Waals surface area (Å²) in [5.74, 6) is 0.444. The van der Waals surface area contributed by atoms with Gasteiger partial charge in [0.25, 0.3) is 11.5 Å². The highest BCUT2D eigenvalue weighted by molar-refractivity contribution is 7.07. The second-order valence-electron chi connectivity index (χ2n) is 7.85. The summed E-state index contributed by atoms with van der Waals surface area (Å²) >= 11 is 1.01. The fourth-order valence-electron chi connectivity index (χ4n) is 3.66. The number of thiazole rings is 1. The quantitative estimate of drug-likeness (QED) is 0.375. The second kappa shape index (κ2) is 10.4. The number of rotatable bonds is 6. The number of benzene rings is 2. The molecular weight excluding hydrogens is 493 g/mol. The van der Waals surface area contributed by atoms with Crippen molar-refractivity contribution < 1.29 is 18.0 Å². The Morgan fingerprint density at radius 2 is 1.84 bits per heavy atom. The minimum Gasteiger partial charge on any atom is -0.467 e. The zero-order valence-corrected chi connectivity index (χ0v) is 20.0. The van der Waals surface area contributed by atoms with Gasteiger partial charge < -0.3 is 14.2 Å². The molecule has 0 spiro atoms. The molecule has 0 aliphatic heterocycles. The minimum absolute atomic E-state index is 0.0928. The molecule has 0 aliphatic rings. The molecule has 2 aromatic carbocycles. The van der Waals surface area contributed by atoms with E-state index in [1.54, 1.807) is 72.8 Å². The predicted octanol–water partition coefficient (Wildman–Crippen LogP) is 3.71. The number of para-hydroxylation sites is 1. The van der Waals surface area contributed by atoms with Crippen LogP contribution in [0.2, 0.25) is 0 Å². The Balaban J connectivity index is 1.61. The van der Waals surface area contributed by atoms with Crippen molar-refractivity contribution in [2.45, 2.75) is 6.54 Å². The van der Waals surface area contributed by atoms with Crippen LogP contribution in [0.15, 0.2) is 98.8 Å². The lowest BCUT2D eigenvalue weighted by atomic mass is 10.2. The molecule has 0 saturated heterocycles. The summed E-state index contributed by atoms with van der Waals surface area (Å²) in [4.78, 5) is 26.4. The first-order chi connectivity index (χ1) is 18.0. The number of nitrogens with one attached hydrogen (secondary N) is 1. The molecule has 3 aromatic heterocycles. The summed E-state index contributed by atoms with van der Waals surface area (Å²) in [5, 5.41) is 12.5. The van der Waals surface area contributed by atoms with Crippen molar-refractivity contribution in [2.75, 3.05) is 0 Å². The molecule has 9 heteroatoms. The average Bonchev–Trinajstić information content (AvgIpc) is 3.66. The van der Waals surface area contributed by atoms with E-state index in [1.807, 2.05) is 6.07 Å². The van der Waals surface area contributed by atoms with Gasteiger partial charge in [-0.3, -0.25) is 14.2 Å². The van der Waals surface area contributed by atoms with E-state index in [1.165, 1.54) is 23.0 Å². The standard InChI is InChI=1S/C28H18FN3O4S/c29-19-10-8-18(9-11-19)24-13-12-21(36-24)15-25-27(34)32(20-5-2-1-3-6-20)28(37-25)23(16-30)26(33)31-17-22-7-4-14-35-22/h1-15H,17H2,(H,31,33)/b25-15-,28-23+. The molecule has 0 atom stereocenters. The minimum atomic E-state index is -0.632. The first-order valence-corrected chi connectivity index (χ1v) is 11.9. The monoisotopic (exact) mass is 511 g/mol. The van der Waals surface area contributed by atoms with E-state index < -0.39 is 11.5 Å². The van der Waals surface area contributed by atoms with Crippen LogP contribution in [-0.4, -0.2) is 10.5 Å². The lowest BCUT2D eigenvalue weighted by Gasteiger charge is -2.04. The fraction of sp³-hybridized carbons (Fsp3) is 0.0357. The van der Waals surface area contributed by atoms with Crippen molar-refractivity contribution >= 4 is 28.9 Å². The van der Waals surface area contributed by atoms with Crippen molar-refractivity contribution in [1.29, 1.82) is 5.26 Å². The first kappa shape index (κ1) is 23.8. The van der Waals surface area contributed by atoms with Gasteiger partial charge in [-0.1, -0.05) is 18.2 Å². The summed E-state index contributed by atoms with van der Waals surface area (Å²) in [7, 11) is 0. The molecule has 0 unspecified atom stereocenters. The van der Waals surface area contributed by atoms with Gasteiger partial charge in [-0.15, -0.1) is 11.3 Å². The molecule has 0 saturated carbocycles. The van der Waals surface area contributed by atoms with Crippen molar-refractivity contribution in [3.63, 3.8) is 0 Å². The summed E-state index contributed by atoms with van der Waals surface area (Å²) in [6, 6.07) is 23.4. The summed E-state index contributed by atoms with van der Waals surface area (Å²) in [5.41, 5.74) is 0.584. The largest absolute Gasteiger partial charge is 0.467 e. The van der Waals surface area contributed by atoms with Crippen molar-refractivity contribution in [1.82, 2.24) is 9.88 Å². The molecule has 1 amide bonds. The van der Waals surface area contributed by atoms with Crippen LogP contribution in [0.4, 0.5) is 4.39 Å². The number of amides is 1. The van der Waals surface area contributed by atoms with Crippen molar-refractivity contribution in [2.24, 2.45) is 0 Å². The van der Waals surface area contributed by atoms with Crippen LogP contribution >= 0.6 is 11.3 Å². The number of nitrogens with zero attached hydrogens (tertiary/aromatic N) is 2. The van der Waals surface area contributed by atoms with E-state index in [4.69, 9.17) is 8.83 Å². The maximum Gasteiger partial charge on any atom is 0.273 e. The Bertz CT molecular complexity index is 1770. The van der Waals surface area contributed by atoms with E-state index in [9.17, 15) is 19.2 Å². The average molecular weight is 512 g/mol. The number of nitriles is 1. The predicted molar refractivity (Wildman–Crippen MR) is 136 cm³/mol. The molecule has 3 heterocycles. The lowest BCUT2D eigenvalue weighted by molar-refractivity contribution is -0.115. The summed E-state index contributed by atoms with van der Waals surface area (Å²) in [6.07, 6.45) is 3.04. The van der Waals surface area contributed by atoms with Gasteiger partial charge in [-0.05, 0) is 60.7 Å². The third-order valence-electron chi connectivity index (χ3n) is 5.42. The maximum atomic E-state index is 13.5. The third-order valence-corrected chi connectivity index (χ3v) is 6.52. The Kier molecular flexibility index (Phi) is 6.66. The van der Waals surface area contributed by atoms with Gasteiger partial charge in [0.2, 0.25) is 0 Å². The third kappa shape index (κ3) is 5.05. The van der Waals surface area contributed by atoms with Gasteiger partial charge in [0.15, 0.2) is 5.57 Å². The number of aromatic nitrogens is 1. The Labute approximate surface area is 213 Å². The molecule has 0 bridgehead atoms. The SMILES string of the molecule is N#C/C(C(=O)NCc1ccco1)=c1\s/c(=C\c2ccc(-c3ccc(F)cc3)o2)c(=O)n1-c1ccccc1. The van der Waals surface area contributed by atoms with Gasteiger partial charge in [0, 0.05) is 11.6 Å². The van der Waals surface area contributed by atoms with Crippen LogP contribution in [0.25, 0.3) is 28.7 Å². The lowest BCUT2D eigenvalue weighted by Crippen LogP contribution is -2.33. The van der Waals surface area contributed by atoms with Crippen LogP contribution in [0.3, 0.4) is 0 Å². The molecule has 0 aliphatic carbocycles. The summed E-state index contributed by atoms with van der Waals surface area (Å²) in [6.45, 7) is 0.0928. The van der Waals surface area contributed by atoms with Crippen LogP contribution < -0.4 is 20.1 Å². The van der Waals surface area contributed by atoms with Crippen LogP contribution in [0.5, 0.6) is 0 Å². The molecule has 0 fully saturated rings. The molecule has 7 nitrogen and oxygen atoms in total. The van der Waals surface area contributed by atoms with E-state index in [0.29, 0.717) is 28.5 Å². The molecular formula is C28H18FN3O4S. The maximum absolute atomic E-state index is 13.5. The van der Waals surface area contributed by atoms with Crippen LogP contribution in [0, 0.1) is 17.1 Å². The molecule has 182 valence electrons. The molecule has 37 heavy (non-hydrogen) atoms. The highest BCUT2D eigenvalue weighted by atomic mass is 32.1. The van der Waals surface area contributed by atoms with Gasteiger partial charge in [-0.25, -0.2) is 4.39 Å². The fourth-order valence-corrected chi connectivity index (χ4v) is 4.74. The number of furan rings is 2. The van der Waals surface area contributed by atoms with Gasteiger partial charge in [0.05, 0.1) is 23.0 Å². The number of hydrogen-bond donors (Lipinski definition) is 1. The molecule has 5 rings (SSSR count). The number of hydrogen-bond acceptors (Lipinski definition) is 6. The molecule has 5 aromatic rings. The number of carbonyl (C=O) groups excluding carboxylic acids is 1. The van der Waals surface area contributed by atoms with Gasteiger partial charge >= 0.3 is 0 Å². The number of halogens is 1.